The largest absolute Gasteiger partial charge is 0.355 e. The lowest BCUT2D eigenvalue weighted by atomic mass is 10.0. The molecule has 116 valence electrons. The first-order chi connectivity index (χ1) is 9.42. The number of nitrogens with one attached hydrogen (secondary N) is 3. The molecule has 0 saturated carbocycles. The van der Waals surface area contributed by atoms with Crippen LogP contribution in [0.3, 0.4) is 0 Å². The summed E-state index contributed by atoms with van der Waals surface area (Å²) in [6, 6.07) is -0.606. The molecule has 0 aliphatic rings. The fourth-order valence-corrected chi connectivity index (χ4v) is 1.55. The Morgan fingerprint density at radius 2 is 1.65 bits per heavy atom. The normalized spacial score (nSPS) is 11.8. The molecule has 0 spiro atoms. The van der Waals surface area contributed by atoms with Crippen LogP contribution in [0.1, 0.15) is 47.0 Å². The summed E-state index contributed by atoms with van der Waals surface area (Å²) in [5.41, 5.74) is 0. The van der Waals surface area contributed by atoms with Gasteiger partial charge in [-0.25, -0.2) is 0 Å². The fourth-order valence-electron chi connectivity index (χ4n) is 1.55. The van der Waals surface area contributed by atoms with E-state index in [-0.39, 0.29) is 30.2 Å². The van der Waals surface area contributed by atoms with Crippen LogP contribution in [0.15, 0.2) is 0 Å². The van der Waals surface area contributed by atoms with E-state index in [4.69, 9.17) is 0 Å². The topological polar surface area (TPSA) is 87.3 Å². The van der Waals surface area contributed by atoms with Crippen molar-refractivity contribution in [3.05, 3.63) is 0 Å². The molecule has 0 bridgehead atoms. The lowest BCUT2D eigenvalue weighted by Gasteiger charge is -2.21. The molecule has 0 saturated heterocycles. The van der Waals surface area contributed by atoms with E-state index in [0.717, 1.165) is 12.8 Å². The van der Waals surface area contributed by atoms with E-state index in [1.54, 1.807) is 6.92 Å². The molecule has 0 aromatic heterocycles. The maximum absolute atomic E-state index is 12.0. The number of hydrogen-bond acceptors (Lipinski definition) is 3. The summed E-state index contributed by atoms with van der Waals surface area (Å²) in [6.45, 7) is 8.02. The SMILES string of the molecule is CCCCNC(=O)CNC(=O)[C@@H](NC(=O)CC)C(C)C. The van der Waals surface area contributed by atoms with Crippen molar-refractivity contribution in [2.75, 3.05) is 13.1 Å². The summed E-state index contributed by atoms with van der Waals surface area (Å²) in [5, 5.41) is 7.93. The Hall–Kier alpha value is -1.59. The summed E-state index contributed by atoms with van der Waals surface area (Å²) in [4.78, 5) is 34.8. The Morgan fingerprint density at radius 1 is 1.00 bits per heavy atom. The van der Waals surface area contributed by atoms with Gasteiger partial charge in [0.25, 0.3) is 0 Å². The van der Waals surface area contributed by atoms with E-state index in [1.807, 2.05) is 20.8 Å². The van der Waals surface area contributed by atoms with E-state index in [0.29, 0.717) is 13.0 Å². The van der Waals surface area contributed by atoms with Gasteiger partial charge in [-0.2, -0.15) is 0 Å². The summed E-state index contributed by atoms with van der Waals surface area (Å²) in [5.74, 6) is -0.747. The monoisotopic (exact) mass is 285 g/mol. The third-order valence-corrected chi connectivity index (χ3v) is 2.86. The van der Waals surface area contributed by atoms with E-state index >= 15 is 0 Å². The van der Waals surface area contributed by atoms with Gasteiger partial charge >= 0.3 is 0 Å². The first-order valence-electron chi connectivity index (χ1n) is 7.26. The molecule has 20 heavy (non-hydrogen) atoms. The molecule has 0 aromatic carbocycles. The standard InChI is InChI=1S/C14H27N3O3/c1-5-7-8-15-12(19)9-16-14(20)13(10(3)4)17-11(18)6-2/h10,13H,5-9H2,1-4H3,(H,15,19)(H,16,20)(H,17,18)/t13-/m0/s1. The van der Waals surface area contributed by atoms with Gasteiger partial charge in [0.1, 0.15) is 6.04 Å². The lowest BCUT2D eigenvalue weighted by molar-refractivity contribution is -0.131. The number of hydrogen-bond donors (Lipinski definition) is 3. The van der Waals surface area contributed by atoms with Gasteiger partial charge in [-0.1, -0.05) is 34.1 Å². The van der Waals surface area contributed by atoms with Crippen molar-refractivity contribution in [1.29, 1.82) is 0 Å². The lowest BCUT2D eigenvalue weighted by Crippen LogP contribution is -2.51. The Morgan fingerprint density at radius 3 is 2.15 bits per heavy atom. The summed E-state index contributed by atoms with van der Waals surface area (Å²) in [7, 11) is 0. The molecule has 0 unspecified atom stereocenters. The van der Waals surface area contributed by atoms with Crippen LogP contribution >= 0.6 is 0 Å². The second-order valence-corrected chi connectivity index (χ2v) is 5.06. The number of carbonyl (C=O) groups is 3. The van der Waals surface area contributed by atoms with Gasteiger partial charge in [0, 0.05) is 13.0 Å². The van der Waals surface area contributed by atoms with Crippen LogP contribution in [0.25, 0.3) is 0 Å². The molecule has 6 nitrogen and oxygen atoms in total. The smallest absolute Gasteiger partial charge is 0.243 e. The van der Waals surface area contributed by atoms with Crippen molar-refractivity contribution in [2.45, 2.75) is 53.0 Å². The van der Waals surface area contributed by atoms with E-state index in [9.17, 15) is 14.4 Å². The van der Waals surface area contributed by atoms with Gasteiger partial charge in [-0.05, 0) is 12.3 Å². The Kier molecular flexibility index (Phi) is 9.41. The van der Waals surface area contributed by atoms with Gasteiger partial charge in [0.15, 0.2) is 0 Å². The molecule has 0 aliphatic carbocycles. The molecule has 6 heteroatoms. The highest BCUT2D eigenvalue weighted by Gasteiger charge is 2.23. The van der Waals surface area contributed by atoms with Gasteiger partial charge in [0.2, 0.25) is 17.7 Å². The molecule has 1 atom stereocenters. The van der Waals surface area contributed by atoms with Crippen LogP contribution < -0.4 is 16.0 Å². The Balaban J connectivity index is 4.19. The second-order valence-electron chi connectivity index (χ2n) is 5.06. The minimum absolute atomic E-state index is 0.0337. The fraction of sp³-hybridized carbons (Fsp3) is 0.786. The Bertz CT molecular complexity index is 330. The molecule has 0 aliphatic heterocycles. The van der Waals surface area contributed by atoms with E-state index in [2.05, 4.69) is 16.0 Å². The van der Waals surface area contributed by atoms with Gasteiger partial charge < -0.3 is 16.0 Å². The van der Waals surface area contributed by atoms with Crippen LogP contribution in [0.5, 0.6) is 0 Å². The van der Waals surface area contributed by atoms with E-state index in [1.165, 1.54) is 0 Å². The maximum Gasteiger partial charge on any atom is 0.243 e. The van der Waals surface area contributed by atoms with Gasteiger partial charge in [0.05, 0.1) is 6.54 Å². The Labute approximate surface area is 121 Å². The zero-order valence-electron chi connectivity index (χ0n) is 12.9. The highest BCUT2D eigenvalue weighted by molar-refractivity contribution is 5.90. The number of unbranched alkanes of at least 4 members (excludes halogenated alkanes) is 1. The van der Waals surface area contributed by atoms with Crippen molar-refractivity contribution < 1.29 is 14.4 Å². The molecule has 0 aromatic rings. The quantitative estimate of drug-likeness (QED) is 0.541. The van der Waals surface area contributed by atoms with Crippen molar-refractivity contribution >= 4 is 17.7 Å². The number of amides is 3. The molecule has 3 amide bonds. The average molecular weight is 285 g/mol. The molecule has 0 radical (unpaired) electrons. The molecular formula is C14H27N3O3. The van der Waals surface area contributed by atoms with Crippen molar-refractivity contribution in [3.63, 3.8) is 0 Å². The first kappa shape index (κ1) is 18.4. The summed E-state index contributed by atoms with van der Waals surface area (Å²) in [6.07, 6.45) is 2.25. The average Bonchev–Trinajstić information content (AvgIpc) is 2.41. The van der Waals surface area contributed by atoms with Gasteiger partial charge in [-0.15, -0.1) is 0 Å². The number of carbonyl (C=O) groups excluding carboxylic acids is 3. The second kappa shape index (κ2) is 10.2. The molecule has 0 heterocycles. The zero-order valence-corrected chi connectivity index (χ0v) is 12.9. The van der Waals surface area contributed by atoms with Crippen LogP contribution in [0.4, 0.5) is 0 Å². The maximum atomic E-state index is 12.0. The number of rotatable bonds is 9. The highest BCUT2D eigenvalue weighted by atomic mass is 16.2. The third kappa shape index (κ3) is 7.76. The first-order valence-corrected chi connectivity index (χ1v) is 7.26. The van der Waals surface area contributed by atoms with Crippen LogP contribution in [-0.4, -0.2) is 36.9 Å². The van der Waals surface area contributed by atoms with Crippen LogP contribution in [-0.2, 0) is 14.4 Å². The van der Waals surface area contributed by atoms with E-state index < -0.39 is 6.04 Å². The predicted octanol–water partition coefficient (Wildman–Crippen LogP) is 0.570. The van der Waals surface area contributed by atoms with Crippen molar-refractivity contribution in [2.24, 2.45) is 5.92 Å². The minimum atomic E-state index is -0.606. The molecular weight excluding hydrogens is 258 g/mol. The van der Waals surface area contributed by atoms with Crippen molar-refractivity contribution in [3.8, 4) is 0 Å². The van der Waals surface area contributed by atoms with Gasteiger partial charge in [-0.3, -0.25) is 14.4 Å². The third-order valence-electron chi connectivity index (χ3n) is 2.86. The summed E-state index contributed by atoms with van der Waals surface area (Å²) >= 11 is 0. The zero-order chi connectivity index (χ0) is 15.5. The van der Waals surface area contributed by atoms with Crippen LogP contribution in [0, 0.1) is 5.92 Å². The molecule has 0 fully saturated rings. The van der Waals surface area contributed by atoms with Crippen molar-refractivity contribution in [1.82, 2.24) is 16.0 Å². The van der Waals surface area contributed by atoms with Crippen LogP contribution in [0.2, 0.25) is 0 Å². The predicted molar refractivity (Wildman–Crippen MR) is 78.0 cm³/mol. The summed E-state index contributed by atoms with van der Waals surface area (Å²) < 4.78 is 0. The highest BCUT2D eigenvalue weighted by Crippen LogP contribution is 2.02. The molecule has 0 rings (SSSR count). The minimum Gasteiger partial charge on any atom is -0.355 e. The molecule has 3 N–H and O–H groups in total.